The van der Waals surface area contributed by atoms with Crippen molar-refractivity contribution < 1.29 is 9.53 Å². The minimum atomic E-state index is 0.0658. The van der Waals surface area contributed by atoms with E-state index in [0.717, 1.165) is 24.2 Å². The van der Waals surface area contributed by atoms with E-state index < -0.39 is 0 Å². The smallest absolute Gasteiger partial charge is 0.189 e. The topological polar surface area (TPSA) is 26.3 Å². The van der Waals surface area contributed by atoms with Crippen LogP contribution < -0.4 is 0 Å². The van der Waals surface area contributed by atoms with Crippen molar-refractivity contribution in [1.82, 2.24) is 0 Å². The third-order valence-electron chi connectivity index (χ3n) is 2.23. The average Bonchev–Trinajstić information content (AvgIpc) is 2.49. The van der Waals surface area contributed by atoms with E-state index in [9.17, 15) is 4.79 Å². The van der Waals surface area contributed by atoms with Crippen LogP contribution in [0.4, 0.5) is 0 Å². The number of carbonyl (C=O) groups excluding carboxylic acids is 1. The molecule has 0 spiro atoms. The Hall–Kier alpha value is -1.31. The van der Waals surface area contributed by atoms with Crippen LogP contribution in [0.2, 0.25) is 0 Å². The Kier molecular flexibility index (Phi) is 2.05. The van der Waals surface area contributed by atoms with Crippen molar-refractivity contribution in [1.29, 1.82) is 0 Å². The molecule has 0 aromatic carbocycles. The van der Waals surface area contributed by atoms with Crippen LogP contribution in [-0.4, -0.2) is 11.9 Å². The molecule has 0 N–H and O–H groups in total. The first-order valence-electron chi connectivity index (χ1n) is 4.63. The van der Waals surface area contributed by atoms with E-state index in [1.165, 1.54) is 0 Å². The van der Waals surface area contributed by atoms with Crippen molar-refractivity contribution in [2.24, 2.45) is 0 Å². The fraction of sp³-hybridized carbons (Fsp3) is 0.364. The fourth-order valence-electron chi connectivity index (χ4n) is 1.60. The highest BCUT2D eigenvalue weighted by atomic mass is 16.5. The number of ketones is 1. The summed E-state index contributed by atoms with van der Waals surface area (Å²) < 4.78 is 5.57. The maximum Gasteiger partial charge on any atom is 0.189 e. The van der Waals surface area contributed by atoms with Gasteiger partial charge in [0.2, 0.25) is 0 Å². The van der Waals surface area contributed by atoms with Crippen LogP contribution in [0.1, 0.15) is 19.8 Å². The normalized spacial score (nSPS) is 25.0. The monoisotopic (exact) mass is 176 g/mol. The number of allylic oxidation sites excluding steroid dienone is 4. The van der Waals surface area contributed by atoms with Crippen molar-refractivity contribution in [2.75, 3.05) is 0 Å². The number of rotatable bonds is 2. The van der Waals surface area contributed by atoms with Gasteiger partial charge in [0.15, 0.2) is 5.78 Å². The summed E-state index contributed by atoms with van der Waals surface area (Å²) >= 11 is 0. The third kappa shape index (κ3) is 1.44. The second kappa shape index (κ2) is 3.21. The molecule has 1 atom stereocenters. The van der Waals surface area contributed by atoms with Crippen molar-refractivity contribution >= 4 is 5.78 Å². The number of carbonyl (C=O) groups is 1. The van der Waals surface area contributed by atoms with Crippen LogP contribution >= 0.6 is 0 Å². The van der Waals surface area contributed by atoms with Gasteiger partial charge in [-0.1, -0.05) is 19.4 Å². The summed E-state index contributed by atoms with van der Waals surface area (Å²) in [6.07, 6.45) is 9.26. The van der Waals surface area contributed by atoms with Crippen molar-refractivity contribution in [3.05, 3.63) is 35.6 Å². The van der Waals surface area contributed by atoms with Gasteiger partial charge >= 0.3 is 0 Å². The zero-order chi connectivity index (χ0) is 9.26. The molecule has 0 saturated heterocycles. The molecule has 0 fully saturated rings. The molecule has 1 aliphatic carbocycles. The van der Waals surface area contributed by atoms with Crippen LogP contribution in [0, 0.1) is 0 Å². The number of ether oxygens (including phenoxy) is 1. The van der Waals surface area contributed by atoms with E-state index in [2.05, 4.69) is 6.92 Å². The number of fused-ring (bicyclic) bond motifs is 1. The van der Waals surface area contributed by atoms with Crippen LogP contribution in [0.5, 0.6) is 0 Å². The number of hydrogen-bond acceptors (Lipinski definition) is 2. The van der Waals surface area contributed by atoms with Gasteiger partial charge in [0.05, 0.1) is 5.57 Å². The van der Waals surface area contributed by atoms with E-state index >= 15 is 0 Å². The highest BCUT2D eigenvalue weighted by Gasteiger charge is 2.26. The lowest BCUT2D eigenvalue weighted by molar-refractivity contribution is -0.111. The Morgan fingerprint density at radius 1 is 1.54 bits per heavy atom. The van der Waals surface area contributed by atoms with Crippen LogP contribution in [0.3, 0.4) is 0 Å². The SMILES string of the molecule is CCCC1C=C2C(=O)C=CC=C2O1. The Bertz CT molecular complexity index is 321. The van der Waals surface area contributed by atoms with E-state index in [4.69, 9.17) is 4.74 Å². The minimum absolute atomic E-state index is 0.0658. The van der Waals surface area contributed by atoms with Crippen molar-refractivity contribution in [2.45, 2.75) is 25.9 Å². The average molecular weight is 176 g/mol. The van der Waals surface area contributed by atoms with Crippen molar-refractivity contribution in [3.63, 3.8) is 0 Å². The fourth-order valence-corrected chi connectivity index (χ4v) is 1.60. The molecule has 0 bridgehead atoms. The first-order valence-corrected chi connectivity index (χ1v) is 4.63. The molecule has 0 radical (unpaired) electrons. The molecule has 2 heteroatoms. The van der Waals surface area contributed by atoms with Crippen molar-refractivity contribution in [3.8, 4) is 0 Å². The number of hydrogen-bond donors (Lipinski definition) is 0. The van der Waals surface area contributed by atoms with Gasteiger partial charge in [-0.05, 0) is 24.6 Å². The summed E-state index contributed by atoms with van der Waals surface area (Å²) in [5.74, 6) is 0.807. The maximum atomic E-state index is 11.3. The largest absolute Gasteiger partial charge is 0.486 e. The van der Waals surface area contributed by atoms with Gasteiger partial charge in [0, 0.05) is 0 Å². The minimum Gasteiger partial charge on any atom is -0.486 e. The summed E-state index contributed by atoms with van der Waals surface area (Å²) in [4.78, 5) is 11.3. The van der Waals surface area contributed by atoms with E-state index in [-0.39, 0.29) is 11.9 Å². The Balaban J connectivity index is 2.20. The molecule has 2 nitrogen and oxygen atoms in total. The van der Waals surface area contributed by atoms with Gasteiger partial charge < -0.3 is 4.74 Å². The first kappa shape index (κ1) is 8.30. The summed E-state index contributed by atoms with van der Waals surface area (Å²) in [7, 11) is 0. The van der Waals surface area contributed by atoms with Crippen LogP contribution in [0.25, 0.3) is 0 Å². The Labute approximate surface area is 77.6 Å². The van der Waals surface area contributed by atoms with Crippen LogP contribution in [0.15, 0.2) is 35.6 Å². The summed E-state index contributed by atoms with van der Waals surface area (Å²) in [5.41, 5.74) is 0.737. The van der Waals surface area contributed by atoms with E-state index in [1.54, 1.807) is 12.2 Å². The third-order valence-corrected chi connectivity index (χ3v) is 2.23. The summed E-state index contributed by atoms with van der Waals surface area (Å²) in [6, 6.07) is 0. The maximum absolute atomic E-state index is 11.3. The lowest BCUT2D eigenvalue weighted by Gasteiger charge is -2.09. The standard InChI is InChI=1S/C11H12O2/c1-2-4-8-7-9-10(12)5-3-6-11(9)13-8/h3,5-8H,2,4H2,1H3. The zero-order valence-electron chi connectivity index (χ0n) is 7.62. The lowest BCUT2D eigenvalue weighted by Crippen LogP contribution is -2.03. The van der Waals surface area contributed by atoms with Gasteiger partial charge in [-0.25, -0.2) is 0 Å². The lowest BCUT2D eigenvalue weighted by atomic mass is 10.0. The van der Waals surface area contributed by atoms with Crippen LogP contribution in [-0.2, 0) is 9.53 Å². The predicted molar refractivity (Wildman–Crippen MR) is 50.1 cm³/mol. The molecule has 0 amide bonds. The first-order chi connectivity index (χ1) is 6.31. The molecule has 68 valence electrons. The molecule has 2 rings (SSSR count). The molecule has 0 aromatic rings. The second-order valence-electron chi connectivity index (χ2n) is 3.28. The Morgan fingerprint density at radius 3 is 3.08 bits per heavy atom. The molecule has 1 aliphatic heterocycles. The van der Waals surface area contributed by atoms with Gasteiger partial charge in [-0.3, -0.25) is 4.79 Å². The molecule has 2 aliphatic rings. The summed E-state index contributed by atoms with van der Waals surface area (Å²) in [5, 5.41) is 0. The van der Waals surface area contributed by atoms with Gasteiger partial charge in [-0.15, -0.1) is 0 Å². The van der Waals surface area contributed by atoms with E-state index in [1.807, 2.05) is 12.2 Å². The van der Waals surface area contributed by atoms with Gasteiger partial charge in [0.1, 0.15) is 11.9 Å². The molecule has 13 heavy (non-hydrogen) atoms. The molecule has 0 saturated carbocycles. The van der Waals surface area contributed by atoms with E-state index in [0.29, 0.717) is 0 Å². The summed E-state index contributed by atoms with van der Waals surface area (Å²) in [6.45, 7) is 2.11. The molecular formula is C11H12O2. The van der Waals surface area contributed by atoms with Gasteiger partial charge in [-0.2, -0.15) is 0 Å². The zero-order valence-corrected chi connectivity index (χ0v) is 7.62. The molecule has 1 heterocycles. The quantitative estimate of drug-likeness (QED) is 0.644. The molecular weight excluding hydrogens is 164 g/mol. The van der Waals surface area contributed by atoms with Gasteiger partial charge in [0.25, 0.3) is 0 Å². The second-order valence-corrected chi connectivity index (χ2v) is 3.28. The Morgan fingerprint density at radius 2 is 2.38 bits per heavy atom. The molecule has 0 aromatic heterocycles. The highest BCUT2D eigenvalue weighted by Crippen LogP contribution is 2.28. The molecule has 1 unspecified atom stereocenters. The predicted octanol–water partition coefficient (Wildman–Crippen LogP) is 2.13. The highest BCUT2D eigenvalue weighted by molar-refractivity contribution is 6.08.